The molecule has 1 aromatic heterocycles. The van der Waals surface area contributed by atoms with Crippen LogP contribution in [-0.2, 0) is 5.41 Å². The maximum Gasteiger partial charge on any atom is 0.263 e. The lowest BCUT2D eigenvalue weighted by atomic mass is 9.78. The van der Waals surface area contributed by atoms with Gasteiger partial charge in [-0.25, -0.2) is 4.39 Å². The minimum absolute atomic E-state index is 0.113. The second kappa shape index (κ2) is 5.38. The summed E-state index contributed by atoms with van der Waals surface area (Å²) < 4.78 is 19.5. The van der Waals surface area contributed by atoms with Crippen molar-refractivity contribution < 1.29 is 8.91 Å². The van der Waals surface area contributed by atoms with Crippen LogP contribution in [0.4, 0.5) is 10.3 Å². The second-order valence-corrected chi connectivity index (χ2v) is 6.55. The predicted molar refractivity (Wildman–Crippen MR) is 81.3 cm³/mol. The molecule has 2 aromatic rings. The number of rotatable bonds is 5. The Labute approximate surface area is 129 Å². The van der Waals surface area contributed by atoms with Crippen molar-refractivity contribution in [1.82, 2.24) is 10.1 Å². The van der Waals surface area contributed by atoms with Crippen LogP contribution < -0.4 is 5.32 Å². The first-order valence-corrected chi connectivity index (χ1v) is 8.09. The SMILES string of the molecule is Fc1ccccc1C1(CNc2noc(C3CC3)n2)CCCC1. The first-order valence-electron chi connectivity index (χ1n) is 8.09. The van der Waals surface area contributed by atoms with Gasteiger partial charge in [0, 0.05) is 17.9 Å². The van der Waals surface area contributed by atoms with E-state index in [9.17, 15) is 4.39 Å². The van der Waals surface area contributed by atoms with E-state index in [4.69, 9.17) is 4.52 Å². The first-order chi connectivity index (χ1) is 10.8. The summed E-state index contributed by atoms with van der Waals surface area (Å²) in [5, 5.41) is 7.27. The second-order valence-electron chi connectivity index (χ2n) is 6.55. The Morgan fingerprint density at radius 2 is 2.00 bits per heavy atom. The Morgan fingerprint density at radius 3 is 2.73 bits per heavy atom. The van der Waals surface area contributed by atoms with Gasteiger partial charge in [-0.2, -0.15) is 4.98 Å². The molecule has 1 aromatic carbocycles. The van der Waals surface area contributed by atoms with Gasteiger partial charge in [-0.15, -0.1) is 0 Å². The van der Waals surface area contributed by atoms with Crippen molar-refractivity contribution in [2.45, 2.75) is 49.9 Å². The zero-order valence-corrected chi connectivity index (χ0v) is 12.5. The Balaban J connectivity index is 1.53. The van der Waals surface area contributed by atoms with E-state index < -0.39 is 0 Å². The van der Waals surface area contributed by atoms with Crippen molar-refractivity contribution in [2.24, 2.45) is 0 Å². The molecule has 0 spiro atoms. The highest BCUT2D eigenvalue weighted by molar-refractivity contribution is 5.33. The molecule has 0 aliphatic heterocycles. The van der Waals surface area contributed by atoms with Crippen LogP contribution in [0.5, 0.6) is 0 Å². The molecule has 0 radical (unpaired) electrons. The van der Waals surface area contributed by atoms with E-state index in [1.807, 2.05) is 12.1 Å². The van der Waals surface area contributed by atoms with Gasteiger partial charge in [0.1, 0.15) is 5.82 Å². The van der Waals surface area contributed by atoms with Gasteiger partial charge in [-0.1, -0.05) is 31.0 Å². The van der Waals surface area contributed by atoms with Crippen LogP contribution in [0, 0.1) is 5.82 Å². The molecule has 4 nitrogen and oxygen atoms in total. The molecule has 116 valence electrons. The normalized spacial score (nSPS) is 20.2. The third-order valence-electron chi connectivity index (χ3n) is 4.96. The molecule has 0 unspecified atom stereocenters. The monoisotopic (exact) mass is 301 g/mol. The van der Waals surface area contributed by atoms with E-state index in [1.165, 1.54) is 0 Å². The molecule has 1 heterocycles. The van der Waals surface area contributed by atoms with Gasteiger partial charge < -0.3 is 9.84 Å². The van der Waals surface area contributed by atoms with Crippen molar-refractivity contribution in [2.75, 3.05) is 11.9 Å². The topological polar surface area (TPSA) is 51.0 Å². The van der Waals surface area contributed by atoms with Gasteiger partial charge >= 0.3 is 0 Å². The van der Waals surface area contributed by atoms with E-state index in [-0.39, 0.29) is 11.2 Å². The van der Waals surface area contributed by atoms with Crippen molar-refractivity contribution in [1.29, 1.82) is 0 Å². The number of aromatic nitrogens is 2. The predicted octanol–water partition coefficient (Wildman–Crippen LogP) is 4.01. The maximum absolute atomic E-state index is 14.3. The third-order valence-corrected chi connectivity index (χ3v) is 4.96. The molecule has 2 aliphatic carbocycles. The quantitative estimate of drug-likeness (QED) is 0.906. The fourth-order valence-corrected chi connectivity index (χ4v) is 3.54. The average molecular weight is 301 g/mol. The molecule has 4 rings (SSSR count). The highest BCUT2D eigenvalue weighted by Gasteiger charge is 2.38. The summed E-state index contributed by atoms with van der Waals surface area (Å²) >= 11 is 0. The molecule has 1 N–H and O–H groups in total. The van der Waals surface area contributed by atoms with Crippen molar-refractivity contribution >= 4 is 5.95 Å². The molecular weight excluding hydrogens is 281 g/mol. The fourth-order valence-electron chi connectivity index (χ4n) is 3.54. The minimum Gasteiger partial charge on any atom is -0.351 e. The van der Waals surface area contributed by atoms with E-state index in [0.717, 1.165) is 50.0 Å². The number of nitrogens with zero attached hydrogens (tertiary/aromatic N) is 2. The standard InChI is InChI=1S/C17H20FN3O/c18-14-6-2-1-5-13(14)17(9-3-4-10-17)11-19-16-20-15(22-21-16)12-7-8-12/h1-2,5-6,12H,3-4,7-11H2,(H,19,21). The molecule has 2 fully saturated rings. The zero-order chi connectivity index (χ0) is 15.0. The Morgan fingerprint density at radius 1 is 1.23 bits per heavy atom. The third kappa shape index (κ3) is 2.49. The molecule has 0 saturated heterocycles. The molecule has 2 aliphatic rings. The van der Waals surface area contributed by atoms with Crippen LogP contribution in [0.2, 0.25) is 0 Å². The summed E-state index contributed by atoms with van der Waals surface area (Å²) in [6.45, 7) is 0.650. The van der Waals surface area contributed by atoms with Gasteiger partial charge in [-0.3, -0.25) is 0 Å². The fraction of sp³-hybridized carbons (Fsp3) is 0.529. The van der Waals surface area contributed by atoms with Crippen LogP contribution >= 0.6 is 0 Å². The highest BCUT2D eigenvalue weighted by Crippen LogP contribution is 2.42. The van der Waals surface area contributed by atoms with Crippen LogP contribution in [0.1, 0.15) is 55.9 Å². The zero-order valence-electron chi connectivity index (χ0n) is 12.5. The molecule has 0 bridgehead atoms. The highest BCUT2D eigenvalue weighted by atomic mass is 19.1. The van der Waals surface area contributed by atoms with Crippen LogP contribution in [-0.4, -0.2) is 16.7 Å². The largest absolute Gasteiger partial charge is 0.351 e. The molecule has 5 heteroatoms. The van der Waals surface area contributed by atoms with Crippen molar-refractivity contribution in [3.05, 3.63) is 41.5 Å². The number of halogens is 1. The van der Waals surface area contributed by atoms with Crippen molar-refractivity contribution in [3.8, 4) is 0 Å². The number of hydrogen-bond donors (Lipinski definition) is 1. The number of nitrogens with one attached hydrogen (secondary N) is 1. The van der Waals surface area contributed by atoms with Gasteiger partial charge in [0.15, 0.2) is 0 Å². The molecule has 0 amide bonds. The lowest BCUT2D eigenvalue weighted by molar-refractivity contribution is 0.379. The minimum atomic E-state index is -0.161. The van der Waals surface area contributed by atoms with E-state index in [1.54, 1.807) is 12.1 Å². The van der Waals surface area contributed by atoms with Crippen LogP contribution in [0.25, 0.3) is 0 Å². The summed E-state index contributed by atoms with van der Waals surface area (Å²) in [5.41, 5.74) is 0.650. The number of anilines is 1. The Bertz CT molecular complexity index is 659. The van der Waals surface area contributed by atoms with Crippen LogP contribution in [0.15, 0.2) is 28.8 Å². The van der Waals surface area contributed by atoms with E-state index >= 15 is 0 Å². The lowest BCUT2D eigenvalue weighted by Gasteiger charge is -2.30. The van der Waals surface area contributed by atoms with E-state index in [0.29, 0.717) is 18.4 Å². The Kier molecular flexibility index (Phi) is 3.36. The van der Waals surface area contributed by atoms with E-state index in [2.05, 4.69) is 15.5 Å². The van der Waals surface area contributed by atoms with Gasteiger partial charge in [-0.05, 0) is 42.5 Å². The summed E-state index contributed by atoms with van der Waals surface area (Å²) in [4.78, 5) is 4.40. The summed E-state index contributed by atoms with van der Waals surface area (Å²) in [5.74, 6) is 1.60. The summed E-state index contributed by atoms with van der Waals surface area (Å²) in [7, 11) is 0. The lowest BCUT2D eigenvalue weighted by Crippen LogP contribution is -2.32. The van der Waals surface area contributed by atoms with Crippen molar-refractivity contribution in [3.63, 3.8) is 0 Å². The summed E-state index contributed by atoms with van der Waals surface area (Å²) in [6, 6.07) is 7.12. The van der Waals surface area contributed by atoms with Gasteiger partial charge in [0.25, 0.3) is 5.95 Å². The maximum atomic E-state index is 14.3. The average Bonchev–Trinajstić information content (AvgIpc) is 3.09. The molecule has 2 saturated carbocycles. The molecule has 0 atom stereocenters. The molecule has 22 heavy (non-hydrogen) atoms. The Hall–Kier alpha value is -1.91. The molecular formula is C17H20FN3O. The van der Waals surface area contributed by atoms with Crippen LogP contribution in [0.3, 0.4) is 0 Å². The van der Waals surface area contributed by atoms with Gasteiger partial charge in [0.05, 0.1) is 0 Å². The smallest absolute Gasteiger partial charge is 0.263 e. The van der Waals surface area contributed by atoms with Gasteiger partial charge in [0.2, 0.25) is 5.89 Å². The first kappa shape index (κ1) is 13.7. The number of hydrogen-bond acceptors (Lipinski definition) is 4. The summed E-state index contributed by atoms with van der Waals surface area (Å²) in [6.07, 6.45) is 6.54. The number of benzene rings is 1.